The molecule has 20 heavy (non-hydrogen) atoms. The highest BCUT2D eigenvalue weighted by molar-refractivity contribution is 8.01. The summed E-state index contributed by atoms with van der Waals surface area (Å²) in [6.07, 6.45) is 0. The smallest absolute Gasteiger partial charge is 0.118 e. The van der Waals surface area contributed by atoms with Gasteiger partial charge in [0.1, 0.15) is 4.99 Å². The minimum atomic E-state index is -0.0988. The van der Waals surface area contributed by atoms with Crippen molar-refractivity contribution in [3.8, 4) is 0 Å². The van der Waals surface area contributed by atoms with Gasteiger partial charge < -0.3 is 0 Å². The van der Waals surface area contributed by atoms with Crippen molar-refractivity contribution in [3.63, 3.8) is 0 Å². The lowest BCUT2D eigenvalue weighted by atomic mass is 10.1. The minimum Gasteiger partial charge on any atom is -0.291 e. The summed E-state index contributed by atoms with van der Waals surface area (Å²) in [4.78, 5) is 1.55. The van der Waals surface area contributed by atoms with E-state index in [9.17, 15) is 0 Å². The lowest BCUT2D eigenvalue weighted by Crippen LogP contribution is -2.22. The van der Waals surface area contributed by atoms with Crippen molar-refractivity contribution >= 4 is 29.0 Å². The average molecular weight is 303 g/mol. The van der Waals surface area contributed by atoms with Crippen LogP contribution in [0.15, 0.2) is 53.4 Å². The molecular formula is C16H17NOS2. The third-order valence-corrected chi connectivity index (χ3v) is 4.93. The average Bonchev–Trinajstić information content (AvgIpc) is 2.48. The zero-order valence-corrected chi connectivity index (χ0v) is 13.1. The van der Waals surface area contributed by atoms with E-state index in [0.717, 1.165) is 10.5 Å². The molecule has 2 nitrogen and oxygen atoms in total. The molecule has 4 heteroatoms. The molecule has 0 bridgehead atoms. The maximum Gasteiger partial charge on any atom is 0.118 e. The monoisotopic (exact) mass is 303 g/mol. The number of hydroxylamine groups is 1. The van der Waals surface area contributed by atoms with E-state index >= 15 is 0 Å². The first kappa shape index (κ1) is 15.0. The molecule has 0 heterocycles. The van der Waals surface area contributed by atoms with Gasteiger partial charge in [-0.3, -0.25) is 10.7 Å². The predicted molar refractivity (Wildman–Crippen MR) is 88.5 cm³/mol. The van der Waals surface area contributed by atoms with Gasteiger partial charge in [-0.2, -0.15) is 0 Å². The Morgan fingerprint density at radius 1 is 1.10 bits per heavy atom. The van der Waals surface area contributed by atoms with Crippen LogP contribution in [0.5, 0.6) is 0 Å². The van der Waals surface area contributed by atoms with Gasteiger partial charge in [0, 0.05) is 4.90 Å². The number of hydrogen-bond acceptors (Lipinski definition) is 3. The van der Waals surface area contributed by atoms with Crippen LogP contribution in [0.3, 0.4) is 0 Å². The molecule has 0 amide bonds. The number of benzene rings is 2. The Bertz CT molecular complexity index is 599. The Labute approximate surface area is 129 Å². The van der Waals surface area contributed by atoms with Gasteiger partial charge >= 0.3 is 0 Å². The quantitative estimate of drug-likeness (QED) is 0.497. The highest BCUT2D eigenvalue weighted by atomic mass is 32.2. The van der Waals surface area contributed by atoms with Crippen LogP contribution in [0.1, 0.15) is 21.9 Å². The third-order valence-electron chi connectivity index (χ3n) is 3.18. The minimum absolute atomic E-state index is 0.0988. The highest BCUT2D eigenvalue weighted by Gasteiger charge is 2.18. The van der Waals surface area contributed by atoms with Gasteiger partial charge in [0.15, 0.2) is 0 Å². The van der Waals surface area contributed by atoms with Crippen molar-refractivity contribution in [1.82, 2.24) is 5.48 Å². The lowest BCUT2D eigenvalue weighted by Gasteiger charge is -2.17. The molecule has 1 unspecified atom stereocenters. The van der Waals surface area contributed by atoms with Crippen molar-refractivity contribution < 1.29 is 5.21 Å². The summed E-state index contributed by atoms with van der Waals surface area (Å²) in [5.41, 5.74) is 5.72. The van der Waals surface area contributed by atoms with Gasteiger partial charge in [0.05, 0.1) is 5.25 Å². The van der Waals surface area contributed by atoms with E-state index in [1.165, 1.54) is 11.1 Å². The topological polar surface area (TPSA) is 32.3 Å². The Balaban J connectivity index is 2.28. The van der Waals surface area contributed by atoms with Gasteiger partial charge in [0.2, 0.25) is 0 Å². The van der Waals surface area contributed by atoms with Gasteiger partial charge in [0.25, 0.3) is 0 Å². The molecule has 0 aromatic heterocycles. The lowest BCUT2D eigenvalue weighted by molar-refractivity contribution is 0.235. The standard InChI is InChI=1S/C16H17NOS2/c1-11-8-9-14(10-12(11)2)20-15(16(19)17-18)13-6-4-3-5-7-13/h3-10,15,18H,1-2H3,(H,17,19). The maximum atomic E-state index is 9.14. The molecule has 2 rings (SSSR count). The summed E-state index contributed by atoms with van der Waals surface area (Å²) >= 11 is 6.87. The Morgan fingerprint density at radius 3 is 2.40 bits per heavy atom. The van der Waals surface area contributed by atoms with E-state index in [0.29, 0.717) is 4.99 Å². The molecule has 0 aliphatic heterocycles. The molecule has 0 aliphatic rings. The van der Waals surface area contributed by atoms with Crippen molar-refractivity contribution in [2.24, 2.45) is 0 Å². The SMILES string of the molecule is Cc1ccc(SC(C(=S)NO)c2ccccc2)cc1C. The highest BCUT2D eigenvalue weighted by Crippen LogP contribution is 2.36. The molecule has 0 saturated carbocycles. The number of rotatable bonds is 4. The fourth-order valence-electron chi connectivity index (χ4n) is 1.88. The van der Waals surface area contributed by atoms with E-state index in [1.54, 1.807) is 11.8 Å². The Morgan fingerprint density at radius 2 is 1.80 bits per heavy atom. The van der Waals surface area contributed by atoms with Crippen molar-refractivity contribution in [2.45, 2.75) is 24.0 Å². The summed E-state index contributed by atoms with van der Waals surface area (Å²) in [6, 6.07) is 16.3. The van der Waals surface area contributed by atoms with E-state index in [1.807, 2.05) is 30.3 Å². The van der Waals surface area contributed by atoms with Crippen LogP contribution >= 0.6 is 24.0 Å². The zero-order valence-electron chi connectivity index (χ0n) is 11.5. The molecule has 0 aliphatic carbocycles. The summed E-state index contributed by atoms with van der Waals surface area (Å²) in [7, 11) is 0. The van der Waals surface area contributed by atoms with Gasteiger partial charge in [-0.1, -0.05) is 48.6 Å². The first-order valence-corrected chi connectivity index (χ1v) is 7.63. The summed E-state index contributed by atoms with van der Waals surface area (Å²) in [5, 5.41) is 9.04. The van der Waals surface area contributed by atoms with E-state index in [-0.39, 0.29) is 5.25 Å². The number of aryl methyl sites for hydroxylation is 2. The van der Waals surface area contributed by atoms with Crippen LogP contribution in [-0.4, -0.2) is 10.2 Å². The van der Waals surface area contributed by atoms with Crippen LogP contribution in [0.4, 0.5) is 0 Å². The second-order valence-corrected chi connectivity index (χ2v) is 6.25. The summed E-state index contributed by atoms with van der Waals surface area (Å²) < 4.78 is 0. The number of hydrogen-bond donors (Lipinski definition) is 2. The summed E-state index contributed by atoms with van der Waals surface area (Å²) in [5.74, 6) is 0. The fraction of sp³-hybridized carbons (Fsp3) is 0.188. The molecule has 0 spiro atoms. The predicted octanol–water partition coefficient (Wildman–Crippen LogP) is 4.44. The second-order valence-electron chi connectivity index (χ2n) is 4.63. The maximum absolute atomic E-state index is 9.14. The van der Waals surface area contributed by atoms with Crippen LogP contribution in [0.2, 0.25) is 0 Å². The molecule has 0 fully saturated rings. The van der Waals surface area contributed by atoms with E-state index in [2.05, 4.69) is 37.5 Å². The first-order valence-electron chi connectivity index (χ1n) is 6.34. The molecule has 104 valence electrons. The Hall–Kier alpha value is -1.36. The van der Waals surface area contributed by atoms with Crippen LogP contribution < -0.4 is 5.48 Å². The normalized spacial score (nSPS) is 11.9. The molecule has 2 aromatic carbocycles. The Kier molecular flexibility index (Phi) is 5.17. The van der Waals surface area contributed by atoms with Crippen LogP contribution in [0.25, 0.3) is 0 Å². The van der Waals surface area contributed by atoms with E-state index in [4.69, 9.17) is 17.4 Å². The van der Waals surface area contributed by atoms with Crippen molar-refractivity contribution in [3.05, 3.63) is 65.2 Å². The zero-order chi connectivity index (χ0) is 14.5. The van der Waals surface area contributed by atoms with E-state index < -0.39 is 0 Å². The molecule has 0 saturated heterocycles. The largest absolute Gasteiger partial charge is 0.291 e. The van der Waals surface area contributed by atoms with Gasteiger partial charge in [-0.05, 0) is 42.7 Å². The van der Waals surface area contributed by atoms with Crippen LogP contribution in [0, 0.1) is 13.8 Å². The fourth-order valence-corrected chi connectivity index (χ4v) is 3.28. The number of thiocarbonyl (C=S) groups is 1. The van der Waals surface area contributed by atoms with Crippen LogP contribution in [-0.2, 0) is 0 Å². The second kappa shape index (κ2) is 6.88. The molecule has 1 atom stereocenters. The first-order chi connectivity index (χ1) is 9.61. The number of nitrogens with one attached hydrogen (secondary N) is 1. The van der Waals surface area contributed by atoms with Crippen molar-refractivity contribution in [2.75, 3.05) is 0 Å². The molecule has 0 radical (unpaired) electrons. The van der Waals surface area contributed by atoms with Gasteiger partial charge in [-0.15, -0.1) is 11.8 Å². The third kappa shape index (κ3) is 3.60. The van der Waals surface area contributed by atoms with Crippen molar-refractivity contribution in [1.29, 1.82) is 0 Å². The molecular weight excluding hydrogens is 286 g/mol. The number of thioether (sulfide) groups is 1. The molecule has 2 N–H and O–H groups in total. The molecule has 2 aromatic rings. The van der Waals surface area contributed by atoms with Gasteiger partial charge in [-0.25, -0.2) is 0 Å². The summed E-state index contributed by atoms with van der Waals surface area (Å²) in [6.45, 7) is 4.19.